The second-order valence-electron chi connectivity index (χ2n) is 7.80. The van der Waals surface area contributed by atoms with E-state index in [-0.39, 0.29) is 17.3 Å². The van der Waals surface area contributed by atoms with Crippen LogP contribution in [0.25, 0.3) is 26.0 Å². The smallest absolute Gasteiger partial charge is 0.325 e. The highest BCUT2D eigenvalue weighted by molar-refractivity contribution is 7.25. The Morgan fingerprint density at radius 2 is 1.85 bits per heavy atom. The van der Waals surface area contributed by atoms with Crippen LogP contribution in [0.1, 0.15) is 5.56 Å². The van der Waals surface area contributed by atoms with Gasteiger partial charge in [-0.05, 0) is 48.9 Å². The molecule has 6 nitrogen and oxygen atoms in total. The van der Waals surface area contributed by atoms with Gasteiger partial charge in [-0.25, -0.2) is 13.8 Å². The van der Waals surface area contributed by atoms with Crippen LogP contribution in [0.2, 0.25) is 5.02 Å². The van der Waals surface area contributed by atoms with Crippen molar-refractivity contribution in [3.05, 3.63) is 104 Å². The number of anilines is 1. The van der Waals surface area contributed by atoms with Gasteiger partial charge in [-0.2, -0.15) is 0 Å². The first kappa shape index (κ1) is 22.1. The normalized spacial score (nSPS) is 11.3. The average Bonchev–Trinajstić information content (AvgIpc) is 3.19. The van der Waals surface area contributed by atoms with Gasteiger partial charge in [0.15, 0.2) is 0 Å². The zero-order valence-electron chi connectivity index (χ0n) is 17.8. The number of nitrogens with zero attached hydrogens (tertiary/aromatic N) is 2. The highest BCUT2D eigenvalue weighted by Gasteiger charge is 2.21. The van der Waals surface area contributed by atoms with Crippen molar-refractivity contribution in [1.82, 2.24) is 9.13 Å². The molecular weight excluding hydrogens is 477 g/mol. The van der Waals surface area contributed by atoms with Crippen LogP contribution >= 0.6 is 22.9 Å². The van der Waals surface area contributed by atoms with E-state index in [2.05, 4.69) is 5.32 Å². The zero-order valence-corrected chi connectivity index (χ0v) is 19.4. The Morgan fingerprint density at radius 1 is 1.06 bits per heavy atom. The number of carbonyl (C=O) groups is 1. The molecule has 2 aromatic heterocycles. The van der Waals surface area contributed by atoms with E-state index in [1.807, 2.05) is 37.3 Å². The van der Waals surface area contributed by atoms with Crippen molar-refractivity contribution in [2.45, 2.75) is 13.5 Å². The van der Waals surface area contributed by atoms with Gasteiger partial charge in [0.2, 0.25) is 5.91 Å². The van der Waals surface area contributed by atoms with Crippen LogP contribution in [0.4, 0.5) is 10.1 Å². The molecule has 5 rings (SSSR count). The molecule has 0 bridgehead atoms. The first-order valence-electron chi connectivity index (χ1n) is 10.3. The van der Waals surface area contributed by atoms with Gasteiger partial charge in [0.05, 0.1) is 16.2 Å². The van der Waals surface area contributed by atoms with E-state index in [1.54, 1.807) is 18.2 Å². The van der Waals surface area contributed by atoms with E-state index in [1.165, 1.54) is 28.0 Å². The van der Waals surface area contributed by atoms with Crippen LogP contribution in [-0.4, -0.2) is 15.0 Å². The van der Waals surface area contributed by atoms with E-state index >= 15 is 0 Å². The van der Waals surface area contributed by atoms with Gasteiger partial charge in [0, 0.05) is 15.8 Å². The molecule has 9 heteroatoms. The number of benzene rings is 3. The van der Waals surface area contributed by atoms with Crippen LogP contribution < -0.4 is 16.6 Å². The third-order valence-corrected chi connectivity index (χ3v) is 6.86. The minimum Gasteiger partial charge on any atom is -0.325 e. The largest absolute Gasteiger partial charge is 0.336 e. The average molecular weight is 494 g/mol. The van der Waals surface area contributed by atoms with Crippen LogP contribution in [-0.2, 0) is 11.3 Å². The molecule has 3 aromatic carbocycles. The van der Waals surface area contributed by atoms with Crippen molar-refractivity contribution >= 4 is 54.8 Å². The summed E-state index contributed by atoms with van der Waals surface area (Å²) < 4.78 is 17.0. The summed E-state index contributed by atoms with van der Waals surface area (Å²) in [6.07, 6.45) is 0. The molecule has 5 aromatic rings. The van der Waals surface area contributed by atoms with Crippen molar-refractivity contribution < 1.29 is 9.18 Å². The maximum Gasteiger partial charge on any atom is 0.336 e. The van der Waals surface area contributed by atoms with Gasteiger partial charge in [-0.15, -0.1) is 11.3 Å². The molecule has 0 fully saturated rings. The Hall–Kier alpha value is -3.75. The highest BCUT2D eigenvalue weighted by Crippen LogP contribution is 2.31. The molecular formula is C25H17ClFN3O3S. The summed E-state index contributed by atoms with van der Waals surface area (Å²) in [5, 5.41) is 3.28. The second-order valence-corrected chi connectivity index (χ2v) is 9.26. The Morgan fingerprint density at radius 3 is 2.62 bits per heavy atom. The maximum absolute atomic E-state index is 13.7. The number of rotatable bonds is 4. The van der Waals surface area contributed by atoms with Crippen molar-refractivity contribution in [3.8, 4) is 5.69 Å². The molecule has 1 N–H and O–H groups in total. The topological polar surface area (TPSA) is 73.1 Å². The van der Waals surface area contributed by atoms with E-state index in [0.717, 1.165) is 20.9 Å². The third kappa shape index (κ3) is 3.81. The van der Waals surface area contributed by atoms with Crippen molar-refractivity contribution in [3.63, 3.8) is 0 Å². The van der Waals surface area contributed by atoms with Gasteiger partial charge in [0.1, 0.15) is 17.1 Å². The van der Waals surface area contributed by atoms with Gasteiger partial charge in [0.25, 0.3) is 5.56 Å². The number of aromatic nitrogens is 2. The predicted octanol–water partition coefficient (Wildman–Crippen LogP) is 5.11. The maximum atomic E-state index is 13.7. The van der Waals surface area contributed by atoms with Crippen LogP contribution in [0, 0.1) is 12.7 Å². The van der Waals surface area contributed by atoms with Crippen LogP contribution in [0.5, 0.6) is 0 Å². The Bertz CT molecular complexity index is 1720. The summed E-state index contributed by atoms with van der Waals surface area (Å²) in [5.41, 5.74) is 0.807. The summed E-state index contributed by atoms with van der Waals surface area (Å²) >= 11 is 7.15. The summed E-state index contributed by atoms with van der Waals surface area (Å²) in [7, 11) is 0. The van der Waals surface area contributed by atoms with Crippen molar-refractivity contribution in [1.29, 1.82) is 0 Å². The number of carbonyl (C=O) groups excluding carboxylic acids is 1. The van der Waals surface area contributed by atoms with Crippen LogP contribution in [0.3, 0.4) is 0 Å². The first-order valence-corrected chi connectivity index (χ1v) is 11.5. The molecule has 0 atom stereocenters. The lowest BCUT2D eigenvalue weighted by molar-refractivity contribution is -0.116. The minimum atomic E-state index is -0.719. The van der Waals surface area contributed by atoms with Gasteiger partial charge >= 0.3 is 5.69 Å². The number of halogens is 2. The second kappa shape index (κ2) is 8.55. The number of nitrogens with one attached hydrogen (secondary N) is 1. The molecule has 2 heterocycles. The molecule has 0 aliphatic rings. The SMILES string of the molecule is Cc1cccc(NC(=O)Cn2c(=O)n(-c3ccc(F)c(Cl)c3)c(=O)c3sc4ccccc4c32)c1. The highest BCUT2D eigenvalue weighted by atomic mass is 35.5. The number of thiophene rings is 1. The molecule has 1 amide bonds. The lowest BCUT2D eigenvalue weighted by Gasteiger charge is -2.13. The van der Waals surface area contributed by atoms with Crippen LogP contribution in [0.15, 0.2) is 76.3 Å². The fourth-order valence-electron chi connectivity index (χ4n) is 3.92. The summed E-state index contributed by atoms with van der Waals surface area (Å²) in [4.78, 5) is 40.0. The quantitative estimate of drug-likeness (QED) is 0.378. The Balaban J connectivity index is 1.73. The fraction of sp³-hybridized carbons (Fsp3) is 0.0800. The zero-order chi connectivity index (χ0) is 24.0. The monoisotopic (exact) mass is 493 g/mol. The molecule has 0 aliphatic heterocycles. The molecule has 0 spiro atoms. The van der Waals surface area contributed by atoms with E-state index in [0.29, 0.717) is 21.3 Å². The van der Waals surface area contributed by atoms with Crippen molar-refractivity contribution in [2.24, 2.45) is 0 Å². The van der Waals surface area contributed by atoms with E-state index < -0.39 is 23.0 Å². The predicted molar refractivity (Wildman–Crippen MR) is 134 cm³/mol. The molecule has 0 unspecified atom stereocenters. The van der Waals surface area contributed by atoms with E-state index in [4.69, 9.17) is 11.6 Å². The van der Waals surface area contributed by atoms with Gasteiger partial charge in [-0.3, -0.25) is 14.2 Å². The molecule has 34 heavy (non-hydrogen) atoms. The van der Waals surface area contributed by atoms with E-state index in [9.17, 15) is 18.8 Å². The van der Waals surface area contributed by atoms with Gasteiger partial charge in [-0.1, -0.05) is 41.9 Å². The Kier molecular flexibility index (Phi) is 5.55. The summed E-state index contributed by atoms with van der Waals surface area (Å²) in [6.45, 7) is 1.59. The molecule has 0 radical (unpaired) electrons. The first-order chi connectivity index (χ1) is 16.3. The number of amides is 1. The molecule has 0 saturated carbocycles. The standard InChI is InChI=1S/C25H17ClFN3O3S/c1-14-5-4-6-15(11-14)28-21(31)13-29-22-17-7-2-3-8-20(17)34-23(22)24(32)30(25(29)33)16-9-10-19(27)18(26)12-16/h2-12H,13H2,1H3,(H,28,31). The number of aryl methyl sites for hydroxylation is 1. The number of hydrogen-bond acceptors (Lipinski definition) is 4. The minimum absolute atomic E-state index is 0.119. The molecule has 0 saturated heterocycles. The molecule has 170 valence electrons. The van der Waals surface area contributed by atoms with Crippen molar-refractivity contribution in [2.75, 3.05) is 5.32 Å². The summed E-state index contributed by atoms with van der Waals surface area (Å²) in [5.74, 6) is -1.09. The Labute approximate surface area is 201 Å². The fourth-order valence-corrected chi connectivity index (χ4v) is 5.23. The molecule has 0 aliphatic carbocycles. The van der Waals surface area contributed by atoms with Gasteiger partial charge < -0.3 is 5.32 Å². The number of hydrogen-bond donors (Lipinski definition) is 1. The third-order valence-electron chi connectivity index (χ3n) is 5.42. The summed E-state index contributed by atoms with van der Waals surface area (Å²) in [6, 6.07) is 18.2. The lowest BCUT2D eigenvalue weighted by Crippen LogP contribution is -2.40. The number of fused-ring (bicyclic) bond motifs is 3. The lowest BCUT2D eigenvalue weighted by atomic mass is 10.2.